The van der Waals surface area contributed by atoms with Crippen molar-refractivity contribution < 1.29 is 0 Å². The summed E-state index contributed by atoms with van der Waals surface area (Å²) >= 11 is 5.09. The van der Waals surface area contributed by atoms with Gasteiger partial charge in [0.05, 0.1) is 0 Å². The highest BCUT2D eigenvalue weighted by Crippen LogP contribution is 1.96. The van der Waals surface area contributed by atoms with Gasteiger partial charge in [0.15, 0.2) is 4.77 Å². The van der Waals surface area contributed by atoms with E-state index in [0.29, 0.717) is 4.77 Å². The smallest absolute Gasteiger partial charge is 0.254 e. The normalized spacial score (nSPS) is 10.2. The molecule has 0 atom stereocenters. The molecule has 0 aliphatic heterocycles. The van der Waals surface area contributed by atoms with Crippen molar-refractivity contribution in [3.8, 4) is 0 Å². The van der Waals surface area contributed by atoms with E-state index in [-0.39, 0.29) is 5.56 Å². The molecule has 1 aromatic heterocycles. The highest BCUT2D eigenvalue weighted by molar-refractivity contribution is 7.71. The first-order chi connectivity index (χ1) is 5.57. The van der Waals surface area contributed by atoms with Crippen LogP contribution in [0.4, 0.5) is 0 Å². The molecule has 0 saturated heterocycles. The number of rotatable bonds is 1. The van der Waals surface area contributed by atoms with Crippen LogP contribution in [0.5, 0.6) is 0 Å². The molecule has 0 aliphatic rings. The molecule has 4 heteroatoms. The Kier molecular flexibility index (Phi) is 2.47. The van der Waals surface area contributed by atoms with Crippen molar-refractivity contribution >= 4 is 12.2 Å². The molecule has 0 radical (unpaired) electrons. The van der Waals surface area contributed by atoms with Gasteiger partial charge in [-0.3, -0.25) is 9.36 Å². The van der Waals surface area contributed by atoms with Gasteiger partial charge < -0.3 is 4.57 Å². The molecule has 0 aromatic carbocycles. The van der Waals surface area contributed by atoms with E-state index in [1.54, 1.807) is 13.1 Å². The molecule has 0 amide bonds. The highest BCUT2D eigenvalue weighted by Gasteiger charge is 1.99. The van der Waals surface area contributed by atoms with Gasteiger partial charge in [-0.15, -0.1) is 0 Å². The fourth-order valence-corrected chi connectivity index (χ4v) is 1.53. The number of aryl methyl sites for hydroxylation is 1. The molecule has 66 valence electrons. The summed E-state index contributed by atoms with van der Waals surface area (Å²) in [6, 6.07) is 1.60. The van der Waals surface area contributed by atoms with Gasteiger partial charge >= 0.3 is 0 Å². The van der Waals surface area contributed by atoms with Crippen LogP contribution >= 0.6 is 12.2 Å². The Morgan fingerprint density at radius 1 is 1.58 bits per heavy atom. The largest absolute Gasteiger partial charge is 0.323 e. The predicted molar refractivity (Wildman–Crippen MR) is 50.9 cm³/mol. The maximum absolute atomic E-state index is 11.2. The van der Waals surface area contributed by atoms with E-state index in [1.165, 1.54) is 4.57 Å². The maximum Gasteiger partial charge on any atom is 0.254 e. The van der Waals surface area contributed by atoms with Crippen molar-refractivity contribution in [2.24, 2.45) is 7.05 Å². The van der Waals surface area contributed by atoms with Crippen LogP contribution in [0.2, 0.25) is 0 Å². The van der Waals surface area contributed by atoms with E-state index in [4.69, 9.17) is 12.2 Å². The van der Waals surface area contributed by atoms with Crippen LogP contribution in [0, 0.1) is 11.7 Å². The van der Waals surface area contributed by atoms with Gasteiger partial charge in [-0.2, -0.15) is 0 Å². The molecule has 12 heavy (non-hydrogen) atoms. The van der Waals surface area contributed by atoms with Crippen molar-refractivity contribution in [1.29, 1.82) is 0 Å². The first kappa shape index (κ1) is 9.19. The van der Waals surface area contributed by atoms with Gasteiger partial charge in [-0.05, 0) is 26.1 Å². The van der Waals surface area contributed by atoms with Crippen LogP contribution < -0.4 is 5.56 Å². The summed E-state index contributed by atoms with van der Waals surface area (Å²) in [4.78, 5) is 11.2. The molecule has 3 nitrogen and oxygen atoms in total. The lowest BCUT2D eigenvalue weighted by molar-refractivity contribution is 0.636. The molecule has 0 fully saturated rings. The monoisotopic (exact) mass is 184 g/mol. The lowest BCUT2D eigenvalue weighted by Gasteiger charge is -2.09. The highest BCUT2D eigenvalue weighted by atomic mass is 32.1. The Hall–Kier alpha value is -0.900. The molecule has 0 saturated carbocycles. The van der Waals surface area contributed by atoms with Gasteiger partial charge in [-0.25, -0.2) is 0 Å². The molecule has 1 heterocycles. The molecule has 0 unspecified atom stereocenters. The van der Waals surface area contributed by atoms with Gasteiger partial charge in [0.2, 0.25) is 0 Å². The van der Waals surface area contributed by atoms with E-state index in [0.717, 1.165) is 12.2 Å². The summed E-state index contributed by atoms with van der Waals surface area (Å²) in [6.07, 6.45) is 0. The van der Waals surface area contributed by atoms with E-state index < -0.39 is 0 Å². The van der Waals surface area contributed by atoms with Crippen LogP contribution in [0.25, 0.3) is 0 Å². The lowest BCUT2D eigenvalue weighted by atomic mass is 10.4. The van der Waals surface area contributed by atoms with Crippen LogP contribution in [-0.4, -0.2) is 9.13 Å². The fourth-order valence-electron chi connectivity index (χ4n) is 1.16. The van der Waals surface area contributed by atoms with Crippen LogP contribution in [0.15, 0.2) is 10.9 Å². The van der Waals surface area contributed by atoms with Gasteiger partial charge in [-0.1, -0.05) is 0 Å². The van der Waals surface area contributed by atoms with Gasteiger partial charge in [0, 0.05) is 25.4 Å². The first-order valence-electron chi connectivity index (χ1n) is 3.85. The Morgan fingerprint density at radius 2 is 2.17 bits per heavy atom. The van der Waals surface area contributed by atoms with E-state index in [9.17, 15) is 4.79 Å². The Morgan fingerprint density at radius 3 is 2.67 bits per heavy atom. The van der Waals surface area contributed by atoms with E-state index in [2.05, 4.69) is 0 Å². The van der Waals surface area contributed by atoms with Gasteiger partial charge in [0.1, 0.15) is 0 Å². The van der Waals surface area contributed by atoms with Crippen LogP contribution in [0.1, 0.15) is 12.6 Å². The quantitative estimate of drug-likeness (QED) is 0.614. The number of aromatic nitrogens is 2. The average molecular weight is 184 g/mol. The number of nitrogens with zero attached hydrogens (tertiary/aromatic N) is 2. The summed E-state index contributed by atoms with van der Waals surface area (Å²) in [5.74, 6) is 0. The second kappa shape index (κ2) is 3.23. The zero-order valence-electron chi connectivity index (χ0n) is 7.50. The summed E-state index contributed by atoms with van der Waals surface area (Å²) < 4.78 is 3.99. The van der Waals surface area contributed by atoms with Crippen molar-refractivity contribution in [1.82, 2.24) is 9.13 Å². The zero-order valence-corrected chi connectivity index (χ0v) is 8.31. The molecular weight excluding hydrogens is 172 g/mol. The molecule has 0 spiro atoms. The second-order valence-corrected chi connectivity index (χ2v) is 3.07. The van der Waals surface area contributed by atoms with Crippen molar-refractivity contribution in [3.63, 3.8) is 0 Å². The minimum absolute atomic E-state index is 0.0396. The molecular formula is C8H12N2OS. The fraction of sp³-hybridized carbons (Fsp3) is 0.500. The molecule has 1 aromatic rings. The maximum atomic E-state index is 11.2. The lowest BCUT2D eigenvalue weighted by Crippen LogP contribution is -2.22. The summed E-state index contributed by atoms with van der Waals surface area (Å²) in [6.45, 7) is 4.70. The topological polar surface area (TPSA) is 26.9 Å². The van der Waals surface area contributed by atoms with Crippen LogP contribution in [0.3, 0.4) is 0 Å². The predicted octanol–water partition coefficient (Wildman–Crippen LogP) is 1.24. The minimum Gasteiger partial charge on any atom is -0.323 e. The summed E-state index contributed by atoms with van der Waals surface area (Å²) in [7, 11) is 1.69. The van der Waals surface area contributed by atoms with Crippen molar-refractivity contribution in [3.05, 3.63) is 26.9 Å². The summed E-state index contributed by atoms with van der Waals surface area (Å²) in [5, 5.41) is 0. The minimum atomic E-state index is -0.0396. The Labute approximate surface area is 76.3 Å². The molecule has 0 aliphatic carbocycles. The molecule has 0 N–H and O–H groups in total. The average Bonchev–Trinajstić information content (AvgIpc) is 2.01. The van der Waals surface area contributed by atoms with E-state index in [1.807, 2.05) is 18.4 Å². The molecule has 0 bridgehead atoms. The van der Waals surface area contributed by atoms with Crippen LogP contribution in [-0.2, 0) is 13.6 Å². The Bertz CT molecular complexity index is 402. The van der Waals surface area contributed by atoms with Crippen molar-refractivity contribution in [2.75, 3.05) is 0 Å². The molecule has 1 rings (SSSR count). The van der Waals surface area contributed by atoms with E-state index >= 15 is 0 Å². The SMILES string of the molecule is CCn1c(C)cc(=O)n(C)c1=S. The third-order valence-electron chi connectivity index (χ3n) is 1.92. The standard InChI is InChI=1S/C8H12N2OS/c1-4-10-6(2)5-7(11)9(3)8(10)12/h5H,4H2,1-3H3. The third kappa shape index (κ3) is 1.34. The summed E-state index contributed by atoms with van der Waals surface area (Å²) in [5.41, 5.74) is 0.882. The van der Waals surface area contributed by atoms with Crippen molar-refractivity contribution in [2.45, 2.75) is 20.4 Å². The third-order valence-corrected chi connectivity index (χ3v) is 2.42. The van der Waals surface area contributed by atoms with Gasteiger partial charge in [0.25, 0.3) is 5.56 Å². The first-order valence-corrected chi connectivity index (χ1v) is 4.26. The second-order valence-electron chi connectivity index (χ2n) is 2.71. The zero-order chi connectivity index (χ0) is 9.30. The number of hydrogen-bond acceptors (Lipinski definition) is 2. The Balaban J connectivity index is 3.63. The number of hydrogen-bond donors (Lipinski definition) is 0.